The molecule has 17 heavy (non-hydrogen) atoms. The second-order valence-electron chi connectivity index (χ2n) is 5.19. The number of ether oxygens (including phenoxy) is 1. The highest BCUT2D eigenvalue weighted by molar-refractivity contribution is 5.57. The van der Waals surface area contributed by atoms with E-state index in [-0.39, 0.29) is 5.82 Å². The minimum absolute atomic E-state index is 0.248. The highest BCUT2D eigenvalue weighted by atomic mass is 19.1. The highest BCUT2D eigenvalue weighted by Crippen LogP contribution is 2.46. The second-order valence-corrected chi connectivity index (χ2v) is 5.19. The van der Waals surface area contributed by atoms with Crippen LogP contribution in [-0.4, -0.2) is 13.2 Å². The van der Waals surface area contributed by atoms with Gasteiger partial charge in [0, 0.05) is 12.1 Å². The van der Waals surface area contributed by atoms with Crippen molar-refractivity contribution in [2.24, 2.45) is 11.8 Å². The van der Waals surface area contributed by atoms with Gasteiger partial charge in [-0.1, -0.05) is 0 Å². The van der Waals surface area contributed by atoms with E-state index in [1.165, 1.54) is 37.8 Å². The zero-order chi connectivity index (χ0) is 11.8. The number of hydrogen-bond acceptors (Lipinski definition) is 2. The molecule has 0 saturated heterocycles. The molecule has 3 rings (SSSR count). The Morgan fingerprint density at radius 3 is 2.41 bits per heavy atom. The first-order chi connectivity index (χ1) is 8.28. The standard InChI is InChI=1S/C14H18FNO/c1-17-13-8-11(15)6-7-12(13)16-14(9-2-3-9)10-4-5-10/h6-10,14,16H,2-5H2,1H3. The van der Waals surface area contributed by atoms with Crippen molar-refractivity contribution in [3.63, 3.8) is 0 Å². The summed E-state index contributed by atoms with van der Waals surface area (Å²) in [7, 11) is 1.59. The molecule has 0 unspecified atom stereocenters. The molecule has 0 heterocycles. The van der Waals surface area contributed by atoms with Gasteiger partial charge in [0.1, 0.15) is 11.6 Å². The van der Waals surface area contributed by atoms with Crippen LogP contribution in [0.25, 0.3) is 0 Å². The lowest BCUT2D eigenvalue weighted by Crippen LogP contribution is -2.24. The molecule has 0 spiro atoms. The summed E-state index contributed by atoms with van der Waals surface area (Å²) in [5.41, 5.74) is 0.928. The number of benzene rings is 1. The van der Waals surface area contributed by atoms with Gasteiger partial charge in [-0.05, 0) is 49.7 Å². The number of hydrogen-bond donors (Lipinski definition) is 1. The van der Waals surface area contributed by atoms with Crippen LogP contribution in [-0.2, 0) is 0 Å². The average molecular weight is 235 g/mol. The van der Waals surface area contributed by atoms with E-state index in [1.807, 2.05) is 0 Å². The van der Waals surface area contributed by atoms with Crippen molar-refractivity contribution in [3.05, 3.63) is 24.0 Å². The zero-order valence-corrected chi connectivity index (χ0v) is 10.1. The molecule has 92 valence electrons. The molecule has 2 aliphatic rings. The van der Waals surface area contributed by atoms with Crippen LogP contribution >= 0.6 is 0 Å². The molecule has 0 atom stereocenters. The van der Waals surface area contributed by atoms with Crippen molar-refractivity contribution >= 4 is 5.69 Å². The number of methoxy groups -OCH3 is 1. The smallest absolute Gasteiger partial charge is 0.144 e. The number of nitrogens with one attached hydrogen (secondary N) is 1. The Balaban J connectivity index is 1.78. The fourth-order valence-electron chi connectivity index (χ4n) is 2.50. The third-order valence-electron chi connectivity index (χ3n) is 3.75. The van der Waals surface area contributed by atoms with E-state index < -0.39 is 0 Å². The normalized spacial score (nSPS) is 19.5. The van der Waals surface area contributed by atoms with Crippen molar-refractivity contribution in [2.45, 2.75) is 31.7 Å². The summed E-state index contributed by atoms with van der Waals surface area (Å²) in [6, 6.07) is 5.28. The summed E-state index contributed by atoms with van der Waals surface area (Å²) >= 11 is 0. The zero-order valence-electron chi connectivity index (χ0n) is 10.1. The van der Waals surface area contributed by atoms with E-state index in [2.05, 4.69) is 5.32 Å². The molecule has 1 aromatic carbocycles. The Labute approximate surface area is 101 Å². The summed E-state index contributed by atoms with van der Waals surface area (Å²) in [4.78, 5) is 0. The summed E-state index contributed by atoms with van der Waals surface area (Å²) in [6.45, 7) is 0. The number of rotatable bonds is 5. The topological polar surface area (TPSA) is 21.3 Å². The molecule has 2 fully saturated rings. The molecule has 0 radical (unpaired) electrons. The van der Waals surface area contributed by atoms with Crippen LogP contribution in [0.3, 0.4) is 0 Å². The van der Waals surface area contributed by atoms with Crippen LogP contribution in [0.15, 0.2) is 18.2 Å². The van der Waals surface area contributed by atoms with Gasteiger partial charge in [-0.15, -0.1) is 0 Å². The Bertz CT molecular complexity index is 401. The van der Waals surface area contributed by atoms with Crippen molar-refractivity contribution in [3.8, 4) is 5.75 Å². The van der Waals surface area contributed by atoms with Crippen LogP contribution in [0.5, 0.6) is 5.75 Å². The maximum absolute atomic E-state index is 13.1. The molecule has 0 bridgehead atoms. The van der Waals surface area contributed by atoms with E-state index in [4.69, 9.17) is 4.74 Å². The summed E-state index contributed by atoms with van der Waals surface area (Å²) in [6.07, 6.45) is 5.32. The molecule has 1 aromatic rings. The molecule has 3 heteroatoms. The van der Waals surface area contributed by atoms with Crippen LogP contribution < -0.4 is 10.1 Å². The minimum Gasteiger partial charge on any atom is -0.494 e. The van der Waals surface area contributed by atoms with E-state index in [1.54, 1.807) is 13.2 Å². The summed E-state index contributed by atoms with van der Waals surface area (Å²) in [5, 5.41) is 3.56. The fourth-order valence-corrected chi connectivity index (χ4v) is 2.50. The van der Waals surface area contributed by atoms with Gasteiger partial charge >= 0.3 is 0 Å². The van der Waals surface area contributed by atoms with Gasteiger partial charge in [0.15, 0.2) is 0 Å². The molecule has 0 aliphatic heterocycles. The lowest BCUT2D eigenvalue weighted by Gasteiger charge is -2.20. The summed E-state index contributed by atoms with van der Waals surface area (Å²) < 4.78 is 18.3. The van der Waals surface area contributed by atoms with Crippen molar-refractivity contribution in [1.29, 1.82) is 0 Å². The van der Waals surface area contributed by atoms with E-state index >= 15 is 0 Å². The van der Waals surface area contributed by atoms with Crippen LogP contribution in [0, 0.1) is 17.7 Å². The third-order valence-corrected chi connectivity index (χ3v) is 3.75. The van der Waals surface area contributed by atoms with Crippen LogP contribution in [0.2, 0.25) is 0 Å². The largest absolute Gasteiger partial charge is 0.494 e. The predicted octanol–water partition coefficient (Wildman–Crippen LogP) is 3.43. The molecular weight excluding hydrogens is 217 g/mol. The third kappa shape index (κ3) is 2.38. The van der Waals surface area contributed by atoms with Crippen molar-refractivity contribution in [2.75, 3.05) is 12.4 Å². The molecule has 2 nitrogen and oxygen atoms in total. The highest BCUT2D eigenvalue weighted by Gasteiger charge is 2.41. The minimum atomic E-state index is -0.248. The van der Waals surface area contributed by atoms with Gasteiger partial charge in [-0.2, -0.15) is 0 Å². The van der Waals surface area contributed by atoms with Gasteiger partial charge in [-0.3, -0.25) is 0 Å². The van der Waals surface area contributed by atoms with E-state index in [9.17, 15) is 4.39 Å². The van der Waals surface area contributed by atoms with Crippen LogP contribution in [0.4, 0.5) is 10.1 Å². The van der Waals surface area contributed by atoms with Gasteiger partial charge in [0.2, 0.25) is 0 Å². The maximum atomic E-state index is 13.1. The molecule has 2 saturated carbocycles. The molecule has 1 N–H and O–H groups in total. The lowest BCUT2D eigenvalue weighted by atomic mass is 10.1. The first-order valence-corrected chi connectivity index (χ1v) is 6.38. The monoisotopic (exact) mass is 235 g/mol. The van der Waals surface area contributed by atoms with Gasteiger partial charge in [-0.25, -0.2) is 4.39 Å². The van der Waals surface area contributed by atoms with Crippen molar-refractivity contribution < 1.29 is 9.13 Å². The SMILES string of the molecule is COc1cc(F)ccc1NC(C1CC1)C1CC1. The predicted molar refractivity (Wildman–Crippen MR) is 65.8 cm³/mol. The number of halogens is 1. The van der Waals surface area contributed by atoms with E-state index in [0.717, 1.165) is 17.5 Å². The van der Waals surface area contributed by atoms with E-state index in [0.29, 0.717) is 11.8 Å². The van der Waals surface area contributed by atoms with Crippen molar-refractivity contribution in [1.82, 2.24) is 0 Å². The first-order valence-electron chi connectivity index (χ1n) is 6.38. The Kier molecular flexibility index (Phi) is 2.69. The summed E-state index contributed by atoms with van der Waals surface area (Å²) in [5.74, 6) is 1.99. The van der Waals surface area contributed by atoms with Gasteiger partial charge in [0.05, 0.1) is 12.8 Å². The number of anilines is 1. The Morgan fingerprint density at radius 1 is 1.24 bits per heavy atom. The first kappa shape index (κ1) is 10.9. The van der Waals surface area contributed by atoms with Crippen LogP contribution in [0.1, 0.15) is 25.7 Å². The Morgan fingerprint density at radius 2 is 1.88 bits per heavy atom. The molecule has 2 aliphatic carbocycles. The second kappa shape index (κ2) is 4.21. The van der Waals surface area contributed by atoms with Gasteiger partial charge in [0.25, 0.3) is 0 Å². The molecule has 0 amide bonds. The average Bonchev–Trinajstić information content (AvgIpc) is 3.17. The molecular formula is C14H18FNO. The lowest BCUT2D eigenvalue weighted by molar-refractivity contribution is 0.411. The Hall–Kier alpha value is -1.25. The quantitative estimate of drug-likeness (QED) is 0.844. The van der Waals surface area contributed by atoms with Gasteiger partial charge < -0.3 is 10.1 Å². The fraction of sp³-hybridized carbons (Fsp3) is 0.571. The maximum Gasteiger partial charge on any atom is 0.144 e. The molecule has 0 aromatic heterocycles.